The van der Waals surface area contributed by atoms with E-state index in [-0.39, 0.29) is 22.3 Å². The molecule has 2 heterocycles. The highest BCUT2D eigenvalue weighted by molar-refractivity contribution is 7.86. The molecule has 0 spiro atoms. The molecule has 4 aromatic rings. The third kappa shape index (κ3) is 8.70. The summed E-state index contributed by atoms with van der Waals surface area (Å²) in [6.07, 6.45) is 9.78. The van der Waals surface area contributed by atoms with E-state index >= 15 is 0 Å². The number of hydrazone groups is 1. The van der Waals surface area contributed by atoms with Gasteiger partial charge in [0.25, 0.3) is 16.0 Å². The van der Waals surface area contributed by atoms with E-state index in [0.29, 0.717) is 37.5 Å². The van der Waals surface area contributed by atoms with Crippen molar-refractivity contribution < 1.29 is 27.3 Å². The largest absolute Gasteiger partial charge is 0.489 e. The summed E-state index contributed by atoms with van der Waals surface area (Å²) in [4.78, 5) is 30.3. The van der Waals surface area contributed by atoms with E-state index in [0.717, 1.165) is 49.0 Å². The number of rotatable bonds is 13. The lowest BCUT2D eigenvalue weighted by Gasteiger charge is -2.30. The average molecular weight is 708 g/mol. The Morgan fingerprint density at radius 2 is 1.75 bits per heavy atom. The molecule has 11 nitrogen and oxygen atoms in total. The lowest BCUT2D eigenvalue weighted by Crippen LogP contribution is -2.43. The molecule has 264 valence electrons. The Bertz CT molecular complexity index is 2050. The van der Waals surface area contributed by atoms with Gasteiger partial charge >= 0.3 is 0 Å². The molecule has 0 radical (unpaired) electrons. The van der Waals surface area contributed by atoms with Gasteiger partial charge in [-0.15, -0.1) is 0 Å². The Labute approximate surface area is 298 Å². The van der Waals surface area contributed by atoms with Crippen LogP contribution >= 0.6 is 0 Å². The number of benzene rings is 3. The number of hydrogen-bond acceptors (Lipinski definition) is 8. The molecule has 1 saturated carbocycles. The number of carbonyl (C=O) groups excluding carboxylic acids is 2. The normalized spacial score (nSPS) is 15.1. The van der Waals surface area contributed by atoms with Crippen molar-refractivity contribution >= 4 is 40.0 Å². The lowest BCUT2D eigenvalue weighted by atomic mass is 9.77. The summed E-state index contributed by atoms with van der Waals surface area (Å²) in [7, 11) is -4.40. The maximum atomic E-state index is 13.7. The molecule has 6 rings (SSSR count). The van der Waals surface area contributed by atoms with Crippen molar-refractivity contribution in [2.75, 3.05) is 25.1 Å². The number of fused-ring (bicyclic) bond motifs is 1. The van der Waals surface area contributed by atoms with Crippen LogP contribution in [-0.4, -0.2) is 55.7 Å². The van der Waals surface area contributed by atoms with Crippen LogP contribution in [-0.2, 0) is 26.7 Å². The Hall–Kier alpha value is -5.33. The zero-order valence-corrected chi connectivity index (χ0v) is 29.2. The molecule has 0 atom stereocenters. The molecule has 1 aromatic heterocycles. The lowest BCUT2D eigenvalue weighted by molar-refractivity contribution is -0.126. The Kier molecular flexibility index (Phi) is 10.9. The van der Waals surface area contributed by atoms with Crippen LogP contribution in [0.2, 0.25) is 0 Å². The van der Waals surface area contributed by atoms with Crippen LogP contribution in [0.5, 0.6) is 5.75 Å². The number of hydrogen-bond donors (Lipinski definition) is 4. The van der Waals surface area contributed by atoms with Crippen molar-refractivity contribution in [1.29, 1.82) is 0 Å². The van der Waals surface area contributed by atoms with Crippen molar-refractivity contribution in [3.8, 4) is 5.75 Å². The molecule has 0 saturated heterocycles. The second-order valence-corrected chi connectivity index (χ2v) is 14.4. The number of aromatic nitrogens is 1. The van der Waals surface area contributed by atoms with Gasteiger partial charge in [-0.1, -0.05) is 73.0 Å². The summed E-state index contributed by atoms with van der Waals surface area (Å²) in [6, 6.07) is 23.8. The Morgan fingerprint density at radius 3 is 2.49 bits per heavy atom. The van der Waals surface area contributed by atoms with E-state index in [1.165, 1.54) is 47.3 Å². The van der Waals surface area contributed by atoms with Crippen LogP contribution < -0.4 is 20.8 Å². The fourth-order valence-corrected chi connectivity index (χ4v) is 7.22. The highest BCUT2D eigenvalue weighted by atomic mass is 32.2. The van der Waals surface area contributed by atoms with Gasteiger partial charge in [0.2, 0.25) is 5.91 Å². The first-order chi connectivity index (χ1) is 24.6. The van der Waals surface area contributed by atoms with Crippen LogP contribution in [0.3, 0.4) is 0 Å². The molecule has 51 heavy (non-hydrogen) atoms. The number of ether oxygens (including phenoxy) is 1. The highest BCUT2D eigenvalue weighted by Gasteiger charge is 2.43. The van der Waals surface area contributed by atoms with Crippen molar-refractivity contribution in [2.45, 2.75) is 55.8 Å². The molecular formula is C39H41N5O6S. The molecule has 3 aromatic carbocycles. The number of carbonyl (C=O) groups is 2. The second kappa shape index (κ2) is 15.7. The summed E-state index contributed by atoms with van der Waals surface area (Å²) in [5.74, 6) is 0.854. The summed E-state index contributed by atoms with van der Waals surface area (Å²) in [5.41, 5.74) is 8.36. The second-order valence-electron chi connectivity index (χ2n) is 13.0. The van der Waals surface area contributed by atoms with Gasteiger partial charge in [0.05, 0.1) is 17.2 Å². The maximum Gasteiger partial charge on any atom is 0.295 e. The quantitative estimate of drug-likeness (QED) is 0.0583. The molecule has 12 heteroatoms. The number of amides is 2. The van der Waals surface area contributed by atoms with E-state index in [4.69, 9.17) is 4.74 Å². The van der Waals surface area contributed by atoms with Gasteiger partial charge in [-0.3, -0.25) is 19.6 Å². The smallest absolute Gasteiger partial charge is 0.295 e. The molecule has 1 fully saturated rings. The predicted molar refractivity (Wildman–Crippen MR) is 197 cm³/mol. The van der Waals surface area contributed by atoms with Crippen LogP contribution in [0.1, 0.15) is 70.3 Å². The summed E-state index contributed by atoms with van der Waals surface area (Å²) < 4.78 is 38.7. The van der Waals surface area contributed by atoms with Crippen molar-refractivity contribution in [1.82, 2.24) is 15.6 Å². The average Bonchev–Trinajstić information content (AvgIpc) is 3.64. The van der Waals surface area contributed by atoms with Crippen LogP contribution in [0, 0.1) is 6.92 Å². The predicted octanol–water partition coefficient (Wildman–Crippen LogP) is 5.85. The van der Waals surface area contributed by atoms with E-state index in [9.17, 15) is 22.6 Å². The van der Waals surface area contributed by atoms with Crippen LogP contribution in [0.15, 0.2) is 101 Å². The summed E-state index contributed by atoms with van der Waals surface area (Å²) >= 11 is 0. The molecule has 4 N–H and O–H groups in total. The number of anilines is 1. The molecular weight excluding hydrogens is 667 g/mol. The summed E-state index contributed by atoms with van der Waals surface area (Å²) in [6.45, 7) is 3.40. The van der Waals surface area contributed by atoms with Crippen molar-refractivity contribution in [3.63, 3.8) is 0 Å². The maximum absolute atomic E-state index is 13.7. The van der Waals surface area contributed by atoms with E-state index in [2.05, 4.69) is 75.5 Å². The molecule has 1 aliphatic heterocycles. The highest BCUT2D eigenvalue weighted by Crippen LogP contribution is 2.43. The summed E-state index contributed by atoms with van der Waals surface area (Å²) in [5, 5.41) is 9.96. The van der Waals surface area contributed by atoms with Gasteiger partial charge in [-0.25, -0.2) is 4.98 Å². The van der Waals surface area contributed by atoms with Crippen LogP contribution in [0.25, 0.3) is 6.08 Å². The minimum absolute atomic E-state index is 0.00843. The minimum Gasteiger partial charge on any atom is -0.489 e. The van der Waals surface area contributed by atoms with Gasteiger partial charge < -0.3 is 15.4 Å². The number of pyridine rings is 1. The zero-order chi connectivity index (χ0) is 35.8. The van der Waals surface area contributed by atoms with E-state index in [1.54, 1.807) is 18.2 Å². The third-order valence-corrected chi connectivity index (χ3v) is 10.2. The van der Waals surface area contributed by atoms with Gasteiger partial charge in [0.1, 0.15) is 23.1 Å². The van der Waals surface area contributed by atoms with E-state index in [1.807, 2.05) is 6.07 Å². The Morgan fingerprint density at radius 1 is 0.980 bits per heavy atom. The molecule has 0 bridgehead atoms. The molecule has 2 aliphatic rings. The fraction of sp³-hybridized carbons (Fsp3) is 0.282. The molecule has 0 unspecified atom stereocenters. The Balaban J connectivity index is 0.974. The SMILES string of the molecule is Cc1ccc(CC2=Cc3ccc(C4(C(=O)NCCCNC(=O)c5ccc(N/N=C\c6ccccc6S(=O)(=O)O)nc5)CCCC4)cc3OC2)cc1. The first-order valence-corrected chi connectivity index (χ1v) is 18.5. The number of nitrogens with zero attached hydrogens (tertiary/aromatic N) is 2. The first kappa shape index (κ1) is 35.5. The van der Waals surface area contributed by atoms with Gasteiger partial charge in [0.15, 0.2) is 0 Å². The fourth-order valence-electron chi connectivity index (χ4n) is 6.55. The third-order valence-electron chi connectivity index (χ3n) is 9.31. The van der Waals surface area contributed by atoms with Gasteiger partial charge in [0, 0.05) is 30.4 Å². The first-order valence-electron chi connectivity index (χ1n) is 17.0. The van der Waals surface area contributed by atoms with Gasteiger partial charge in [-0.05, 0) is 79.6 Å². The topological polar surface area (TPSA) is 159 Å². The van der Waals surface area contributed by atoms with Crippen molar-refractivity contribution in [3.05, 3.63) is 124 Å². The number of aryl methyl sites for hydroxylation is 1. The monoisotopic (exact) mass is 707 g/mol. The number of nitrogens with one attached hydrogen (secondary N) is 3. The van der Waals surface area contributed by atoms with E-state index < -0.39 is 15.5 Å². The molecule has 2 amide bonds. The van der Waals surface area contributed by atoms with Crippen molar-refractivity contribution in [2.24, 2.45) is 5.10 Å². The van der Waals surface area contributed by atoms with Gasteiger partial charge in [-0.2, -0.15) is 13.5 Å². The zero-order valence-electron chi connectivity index (χ0n) is 28.4. The molecule has 1 aliphatic carbocycles. The standard InChI is InChI=1S/C39H41N5O6S/c1-27-9-11-28(12-10-27)21-29-22-30-13-15-33(23-34(30)50-26-29)39(17-4-5-18-39)38(46)41-20-6-19-40-37(45)32-14-16-36(42-24-32)44-43-25-31-7-2-3-8-35(31)51(47,48)49/h2-3,7-16,22-25H,4-6,17-21,26H2,1H3,(H,40,45)(H,41,46)(H,42,44)(H,47,48,49)/b43-25-. The minimum atomic E-state index is -4.40. The van der Waals surface area contributed by atoms with Crippen LogP contribution in [0.4, 0.5) is 5.82 Å².